The number of hydrogen-bond acceptors (Lipinski definition) is 4. The standard InChI is InChI=1S/C12H19BrN2O3S2/c1-9(16)15(12(2,3)4)8-7-14-20(17,18)11-6-5-10(13)19-11/h5-6,14H,7-8H2,1-4H3. The summed E-state index contributed by atoms with van der Waals surface area (Å²) in [5, 5.41) is 0. The van der Waals surface area contributed by atoms with Crippen LogP contribution in [-0.2, 0) is 14.8 Å². The third-order valence-electron chi connectivity index (χ3n) is 2.63. The fourth-order valence-electron chi connectivity index (χ4n) is 1.77. The Labute approximate surface area is 132 Å². The summed E-state index contributed by atoms with van der Waals surface area (Å²) in [7, 11) is -3.51. The second-order valence-corrected chi connectivity index (χ2v) is 9.75. The molecule has 1 heterocycles. The maximum absolute atomic E-state index is 12.0. The predicted molar refractivity (Wildman–Crippen MR) is 84.3 cm³/mol. The molecule has 1 aromatic heterocycles. The second-order valence-electron chi connectivity index (χ2n) is 5.30. The van der Waals surface area contributed by atoms with Gasteiger partial charge in [-0.05, 0) is 48.8 Å². The van der Waals surface area contributed by atoms with E-state index in [2.05, 4.69) is 20.7 Å². The number of halogens is 1. The third kappa shape index (κ3) is 4.83. The van der Waals surface area contributed by atoms with Gasteiger partial charge in [0.05, 0.1) is 3.79 Å². The maximum atomic E-state index is 12.0. The van der Waals surface area contributed by atoms with Crippen LogP contribution < -0.4 is 4.72 Å². The van der Waals surface area contributed by atoms with Gasteiger partial charge in [0.1, 0.15) is 4.21 Å². The Morgan fingerprint density at radius 3 is 2.40 bits per heavy atom. The van der Waals surface area contributed by atoms with E-state index in [1.54, 1.807) is 17.0 Å². The highest BCUT2D eigenvalue weighted by atomic mass is 79.9. The van der Waals surface area contributed by atoms with Crippen LogP contribution in [0.3, 0.4) is 0 Å². The van der Waals surface area contributed by atoms with Crippen molar-refractivity contribution < 1.29 is 13.2 Å². The average Bonchev–Trinajstić information content (AvgIpc) is 2.69. The van der Waals surface area contributed by atoms with Crippen molar-refractivity contribution in [1.82, 2.24) is 9.62 Å². The Hall–Kier alpha value is -0.440. The van der Waals surface area contributed by atoms with E-state index in [0.29, 0.717) is 6.54 Å². The lowest BCUT2D eigenvalue weighted by Crippen LogP contribution is -2.48. The quantitative estimate of drug-likeness (QED) is 0.849. The summed E-state index contributed by atoms with van der Waals surface area (Å²) in [5.74, 6) is -0.0735. The number of amides is 1. The van der Waals surface area contributed by atoms with E-state index in [4.69, 9.17) is 0 Å². The molecule has 1 amide bonds. The van der Waals surface area contributed by atoms with Gasteiger partial charge in [-0.2, -0.15) is 0 Å². The summed E-state index contributed by atoms with van der Waals surface area (Å²) >= 11 is 4.39. The first-order valence-electron chi connectivity index (χ1n) is 6.07. The van der Waals surface area contributed by atoms with Crippen molar-refractivity contribution in [2.75, 3.05) is 13.1 Å². The lowest BCUT2D eigenvalue weighted by atomic mass is 10.1. The zero-order valence-corrected chi connectivity index (χ0v) is 15.2. The maximum Gasteiger partial charge on any atom is 0.250 e. The number of rotatable bonds is 5. The summed E-state index contributed by atoms with van der Waals surface area (Å²) in [6.45, 7) is 7.76. The predicted octanol–water partition coefficient (Wildman–Crippen LogP) is 2.44. The monoisotopic (exact) mass is 382 g/mol. The molecule has 1 rings (SSSR count). The Kier molecular flexibility index (Phi) is 5.77. The fourth-order valence-corrected chi connectivity index (χ4v) is 4.85. The van der Waals surface area contributed by atoms with Crippen molar-refractivity contribution in [2.45, 2.75) is 37.4 Å². The molecule has 20 heavy (non-hydrogen) atoms. The molecule has 0 saturated carbocycles. The lowest BCUT2D eigenvalue weighted by Gasteiger charge is -2.34. The van der Waals surface area contributed by atoms with Crippen LogP contribution in [0.15, 0.2) is 20.1 Å². The Morgan fingerprint density at radius 2 is 2.00 bits per heavy atom. The molecule has 5 nitrogen and oxygen atoms in total. The number of sulfonamides is 1. The molecule has 0 aliphatic rings. The molecule has 0 bridgehead atoms. The van der Waals surface area contributed by atoms with Crippen LogP contribution in [0.4, 0.5) is 0 Å². The van der Waals surface area contributed by atoms with Crippen molar-refractivity contribution in [1.29, 1.82) is 0 Å². The van der Waals surface area contributed by atoms with Crippen molar-refractivity contribution >= 4 is 43.2 Å². The van der Waals surface area contributed by atoms with Gasteiger partial charge >= 0.3 is 0 Å². The van der Waals surface area contributed by atoms with Gasteiger partial charge in [-0.1, -0.05) is 0 Å². The van der Waals surface area contributed by atoms with E-state index in [-0.39, 0.29) is 22.2 Å². The first-order chi connectivity index (χ1) is 9.04. The van der Waals surface area contributed by atoms with Crippen LogP contribution in [-0.4, -0.2) is 37.9 Å². The molecule has 0 aliphatic carbocycles. The van der Waals surface area contributed by atoms with Crippen molar-refractivity contribution in [3.63, 3.8) is 0 Å². The van der Waals surface area contributed by atoms with Crippen molar-refractivity contribution in [3.05, 3.63) is 15.9 Å². The van der Waals surface area contributed by atoms with E-state index in [0.717, 1.165) is 15.1 Å². The van der Waals surface area contributed by atoms with Crippen molar-refractivity contribution in [3.8, 4) is 0 Å². The molecule has 114 valence electrons. The molecule has 1 N–H and O–H groups in total. The number of thiophene rings is 1. The van der Waals surface area contributed by atoms with Gasteiger partial charge in [0, 0.05) is 25.6 Å². The average molecular weight is 383 g/mol. The number of carbonyl (C=O) groups is 1. The minimum Gasteiger partial charge on any atom is -0.337 e. The van der Waals surface area contributed by atoms with E-state index < -0.39 is 10.0 Å². The molecular weight excluding hydrogens is 364 g/mol. The molecule has 0 aliphatic heterocycles. The molecule has 0 atom stereocenters. The SMILES string of the molecule is CC(=O)N(CCNS(=O)(=O)c1ccc(Br)s1)C(C)(C)C. The van der Waals surface area contributed by atoms with Crippen LogP contribution in [0.2, 0.25) is 0 Å². The Morgan fingerprint density at radius 1 is 1.40 bits per heavy atom. The van der Waals surface area contributed by atoms with Gasteiger partial charge in [0.25, 0.3) is 0 Å². The summed E-state index contributed by atoms with van der Waals surface area (Å²) in [6, 6.07) is 3.24. The van der Waals surface area contributed by atoms with Crippen molar-refractivity contribution in [2.24, 2.45) is 0 Å². The van der Waals surface area contributed by atoms with E-state index in [1.165, 1.54) is 6.92 Å². The topological polar surface area (TPSA) is 66.5 Å². The molecule has 0 saturated heterocycles. The summed E-state index contributed by atoms with van der Waals surface area (Å²) in [6.07, 6.45) is 0. The molecular formula is C12H19BrN2O3S2. The summed E-state index contributed by atoms with van der Waals surface area (Å²) in [4.78, 5) is 13.2. The molecule has 8 heteroatoms. The zero-order chi connectivity index (χ0) is 15.6. The molecule has 1 aromatic rings. The van der Waals surface area contributed by atoms with Crippen LogP contribution >= 0.6 is 27.3 Å². The number of nitrogens with one attached hydrogen (secondary N) is 1. The Bertz CT molecular complexity index is 576. The van der Waals surface area contributed by atoms with Gasteiger partial charge < -0.3 is 4.90 Å². The first-order valence-corrected chi connectivity index (χ1v) is 9.16. The highest BCUT2D eigenvalue weighted by molar-refractivity contribution is 9.11. The molecule has 0 unspecified atom stereocenters. The van der Waals surface area contributed by atoms with Crippen LogP contribution in [0.5, 0.6) is 0 Å². The summed E-state index contributed by atoms with van der Waals surface area (Å²) in [5.41, 5.74) is -0.330. The number of hydrogen-bond donors (Lipinski definition) is 1. The third-order valence-corrected chi connectivity index (χ3v) is 6.21. The van der Waals surface area contributed by atoms with Gasteiger partial charge in [0.15, 0.2) is 0 Å². The van der Waals surface area contributed by atoms with E-state index in [1.807, 2.05) is 20.8 Å². The second kappa shape index (κ2) is 6.55. The Balaban J connectivity index is 2.66. The first kappa shape index (κ1) is 17.6. The van der Waals surface area contributed by atoms with Gasteiger partial charge in [-0.3, -0.25) is 4.79 Å². The number of carbonyl (C=O) groups excluding carboxylic acids is 1. The molecule has 0 radical (unpaired) electrons. The normalized spacial score (nSPS) is 12.4. The van der Waals surface area contributed by atoms with E-state index in [9.17, 15) is 13.2 Å². The largest absolute Gasteiger partial charge is 0.337 e. The highest BCUT2D eigenvalue weighted by Gasteiger charge is 2.24. The summed E-state index contributed by atoms with van der Waals surface area (Å²) < 4.78 is 27.6. The lowest BCUT2D eigenvalue weighted by molar-refractivity contribution is -0.133. The smallest absolute Gasteiger partial charge is 0.250 e. The van der Waals surface area contributed by atoms with Crippen LogP contribution in [0.1, 0.15) is 27.7 Å². The molecule has 0 fully saturated rings. The van der Waals surface area contributed by atoms with Gasteiger partial charge in [-0.25, -0.2) is 13.1 Å². The number of nitrogens with zero attached hydrogens (tertiary/aromatic N) is 1. The van der Waals surface area contributed by atoms with E-state index >= 15 is 0 Å². The van der Waals surface area contributed by atoms with Crippen LogP contribution in [0.25, 0.3) is 0 Å². The highest BCUT2D eigenvalue weighted by Crippen LogP contribution is 2.25. The van der Waals surface area contributed by atoms with Gasteiger partial charge in [-0.15, -0.1) is 11.3 Å². The fraction of sp³-hybridized carbons (Fsp3) is 0.583. The van der Waals surface area contributed by atoms with Gasteiger partial charge in [0.2, 0.25) is 15.9 Å². The van der Waals surface area contributed by atoms with Crippen LogP contribution in [0, 0.1) is 0 Å². The minimum atomic E-state index is -3.51. The molecule has 0 aromatic carbocycles. The molecule has 0 spiro atoms. The minimum absolute atomic E-state index is 0.0735. The zero-order valence-electron chi connectivity index (χ0n) is 11.9.